The molecule has 0 heterocycles. The number of hydrogen-bond acceptors (Lipinski definition) is 2. The lowest BCUT2D eigenvalue weighted by Crippen LogP contribution is -2.37. The van der Waals surface area contributed by atoms with Crippen molar-refractivity contribution in [3.63, 3.8) is 0 Å². The topological polar surface area (TPSA) is 35.2 Å². The first kappa shape index (κ1) is 16.3. The van der Waals surface area contributed by atoms with Crippen molar-refractivity contribution < 1.29 is 4.74 Å². The summed E-state index contributed by atoms with van der Waals surface area (Å²) in [6.45, 7) is 4.84. The van der Waals surface area contributed by atoms with Gasteiger partial charge in [-0.1, -0.05) is 25.3 Å². The van der Waals surface area contributed by atoms with Gasteiger partial charge in [-0.15, -0.1) is 12.4 Å². The van der Waals surface area contributed by atoms with E-state index in [1.54, 1.807) is 0 Å². The largest absolute Gasteiger partial charge is 0.492 e. The molecule has 1 unspecified atom stereocenters. The minimum Gasteiger partial charge on any atom is -0.492 e. The quantitative estimate of drug-likeness (QED) is 0.906. The maximum absolute atomic E-state index is 6.25. The standard InChI is InChI=1S/C16H25NO.ClH/c1-12-8-13(2)10-15(9-12)18-11-16(17)14-6-4-3-5-7-14;/h8-10,14,16H,3-7,11,17H2,1-2H3;1H. The van der Waals surface area contributed by atoms with Crippen LogP contribution >= 0.6 is 12.4 Å². The number of benzene rings is 1. The highest BCUT2D eigenvalue weighted by Crippen LogP contribution is 2.26. The summed E-state index contributed by atoms with van der Waals surface area (Å²) in [6, 6.07) is 6.51. The van der Waals surface area contributed by atoms with Crippen LogP contribution < -0.4 is 10.5 Å². The summed E-state index contributed by atoms with van der Waals surface area (Å²) in [7, 11) is 0. The molecule has 2 N–H and O–H groups in total. The Kier molecular flexibility index (Phi) is 6.67. The van der Waals surface area contributed by atoms with E-state index >= 15 is 0 Å². The van der Waals surface area contributed by atoms with Gasteiger partial charge in [-0.3, -0.25) is 0 Å². The van der Waals surface area contributed by atoms with Crippen LogP contribution in [0.15, 0.2) is 18.2 Å². The second-order valence-electron chi connectivity index (χ2n) is 5.70. The Morgan fingerprint density at radius 3 is 2.26 bits per heavy atom. The van der Waals surface area contributed by atoms with Crippen LogP contribution in [0.2, 0.25) is 0 Å². The average molecular weight is 284 g/mol. The molecule has 0 radical (unpaired) electrons. The molecule has 0 bridgehead atoms. The molecule has 3 heteroatoms. The summed E-state index contributed by atoms with van der Waals surface area (Å²) in [4.78, 5) is 0. The fraction of sp³-hybridized carbons (Fsp3) is 0.625. The van der Waals surface area contributed by atoms with Crippen molar-refractivity contribution in [1.29, 1.82) is 0 Å². The molecule has 1 atom stereocenters. The molecule has 0 aliphatic heterocycles. The number of hydrogen-bond donors (Lipinski definition) is 1. The molecule has 0 spiro atoms. The first-order valence-electron chi connectivity index (χ1n) is 7.12. The fourth-order valence-electron chi connectivity index (χ4n) is 2.91. The van der Waals surface area contributed by atoms with Crippen molar-refractivity contribution in [3.05, 3.63) is 29.3 Å². The molecule has 1 aromatic rings. The maximum atomic E-state index is 6.25. The second kappa shape index (κ2) is 7.76. The lowest BCUT2D eigenvalue weighted by atomic mass is 9.84. The number of halogens is 1. The summed E-state index contributed by atoms with van der Waals surface area (Å²) in [5.41, 5.74) is 8.74. The minimum absolute atomic E-state index is 0. The molecule has 0 saturated heterocycles. The van der Waals surface area contributed by atoms with Crippen LogP contribution in [0.25, 0.3) is 0 Å². The number of ether oxygens (including phenoxy) is 1. The summed E-state index contributed by atoms with van der Waals surface area (Å²) in [6.07, 6.45) is 6.60. The van der Waals surface area contributed by atoms with Gasteiger partial charge >= 0.3 is 0 Å². The number of nitrogens with two attached hydrogens (primary N) is 1. The van der Waals surface area contributed by atoms with Crippen molar-refractivity contribution >= 4 is 12.4 Å². The molecule has 2 nitrogen and oxygen atoms in total. The Hall–Kier alpha value is -0.730. The highest BCUT2D eigenvalue weighted by Gasteiger charge is 2.20. The van der Waals surface area contributed by atoms with E-state index < -0.39 is 0 Å². The van der Waals surface area contributed by atoms with E-state index in [1.165, 1.54) is 43.2 Å². The number of rotatable bonds is 4. The smallest absolute Gasteiger partial charge is 0.119 e. The van der Waals surface area contributed by atoms with Gasteiger partial charge in [-0.25, -0.2) is 0 Å². The van der Waals surface area contributed by atoms with Gasteiger partial charge in [0.25, 0.3) is 0 Å². The molecular weight excluding hydrogens is 258 g/mol. The fourth-order valence-corrected chi connectivity index (χ4v) is 2.91. The maximum Gasteiger partial charge on any atom is 0.119 e. The van der Waals surface area contributed by atoms with Gasteiger partial charge in [-0.2, -0.15) is 0 Å². The van der Waals surface area contributed by atoms with E-state index in [-0.39, 0.29) is 18.4 Å². The van der Waals surface area contributed by atoms with Crippen molar-refractivity contribution in [3.8, 4) is 5.75 Å². The van der Waals surface area contributed by atoms with Gasteiger partial charge < -0.3 is 10.5 Å². The van der Waals surface area contributed by atoms with Crippen molar-refractivity contribution in [1.82, 2.24) is 0 Å². The predicted molar refractivity (Wildman–Crippen MR) is 83.2 cm³/mol. The molecule has 108 valence electrons. The lowest BCUT2D eigenvalue weighted by molar-refractivity contribution is 0.214. The molecule has 1 aromatic carbocycles. The Morgan fingerprint density at radius 1 is 1.11 bits per heavy atom. The van der Waals surface area contributed by atoms with Crippen LogP contribution in [0.3, 0.4) is 0 Å². The van der Waals surface area contributed by atoms with Gasteiger partial charge in [0.15, 0.2) is 0 Å². The lowest BCUT2D eigenvalue weighted by Gasteiger charge is -2.27. The molecule has 1 saturated carbocycles. The highest BCUT2D eigenvalue weighted by atomic mass is 35.5. The van der Waals surface area contributed by atoms with Crippen LogP contribution in [-0.4, -0.2) is 12.6 Å². The third-order valence-corrected chi connectivity index (χ3v) is 3.89. The van der Waals surface area contributed by atoms with Gasteiger partial charge in [0.1, 0.15) is 12.4 Å². The van der Waals surface area contributed by atoms with Gasteiger partial charge in [0.05, 0.1) is 0 Å². The first-order chi connectivity index (χ1) is 8.65. The second-order valence-corrected chi connectivity index (χ2v) is 5.70. The summed E-state index contributed by atoms with van der Waals surface area (Å²) >= 11 is 0. The molecule has 19 heavy (non-hydrogen) atoms. The zero-order chi connectivity index (χ0) is 13.0. The summed E-state index contributed by atoms with van der Waals surface area (Å²) in [5, 5.41) is 0. The zero-order valence-electron chi connectivity index (χ0n) is 12.0. The van der Waals surface area contributed by atoms with Crippen molar-refractivity contribution in [2.24, 2.45) is 11.7 Å². The van der Waals surface area contributed by atoms with Crippen LogP contribution in [-0.2, 0) is 0 Å². The Labute approximate surface area is 123 Å². The zero-order valence-corrected chi connectivity index (χ0v) is 12.8. The molecule has 2 rings (SSSR count). The van der Waals surface area contributed by atoms with Crippen LogP contribution in [0.4, 0.5) is 0 Å². The first-order valence-corrected chi connectivity index (χ1v) is 7.12. The van der Waals surface area contributed by atoms with Gasteiger partial charge in [-0.05, 0) is 55.9 Å². The van der Waals surface area contributed by atoms with E-state index in [0.717, 1.165) is 5.75 Å². The SMILES string of the molecule is Cc1cc(C)cc(OCC(N)C2CCCCC2)c1.Cl. The van der Waals surface area contributed by atoms with E-state index in [4.69, 9.17) is 10.5 Å². The van der Waals surface area contributed by atoms with Crippen molar-refractivity contribution in [2.45, 2.75) is 52.0 Å². The number of aryl methyl sites for hydroxylation is 2. The third kappa shape index (κ3) is 5.04. The van der Waals surface area contributed by atoms with Crippen LogP contribution in [0.1, 0.15) is 43.2 Å². The molecule has 0 amide bonds. The molecule has 1 fully saturated rings. The third-order valence-electron chi connectivity index (χ3n) is 3.89. The van der Waals surface area contributed by atoms with E-state index in [0.29, 0.717) is 12.5 Å². The van der Waals surface area contributed by atoms with Crippen molar-refractivity contribution in [2.75, 3.05) is 6.61 Å². The van der Waals surface area contributed by atoms with Crippen LogP contribution in [0.5, 0.6) is 5.75 Å². The van der Waals surface area contributed by atoms with E-state index in [1.807, 2.05) is 0 Å². The molecular formula is C16H26ClNO. The average Bonchev–Trinajstić information content (AvgIpc) is 2.36. The molecule has 0 aromatic heterocycles. The van der Waals surface area contributed by atoms with E-state index in [9.17, 15) is 0 Å². The molecule has 1 aliphatic rings. The summed E-state index contributed by atoms with van der Waals surface area (Å²) in [5.74, 6) is 1.61. The predicted octanol–water partition coefficient (Wildman–Crippen LogP) is 4.01. The minimum atomic E-state index is 0. The van der Waals surface area contributed by atoms with Gasteiger partial charge in [0, 0.05) is 6.04 Å². The van der Waals surface area contributed by atoms with E-state index in [2.05, 4.69) is 32.0 Å². The summed E-state index contributed by atoms with van der Waals surface area (Å²) < 4.78 is 5.86. The Balaban J connectivity index is 0.00000180. The Bertz CT molecular complexity index is 368. The van der Waals surface area contributed by atoms with Gasteiger partial charge in [0.2, 0.25) is 0 Å². The monoisotopic (exact) mass is 283 g/mol. The highest BCUT2D eigenvalue weighted by molar-refractivity contribution is 5.85. The normalized spacial score (nSPS) is 17.6. The molecule has 1 aliphatic carbocycles. The Morgan fingerprint density at radius 2 is 1.68 bits per heavy atom. The van der Waals surface area contributed by atoms with Crippen LogP contribution in [0, 0.1) is 19.8 Å².